The van der Waals surface area contributed by atoms with Crippen LogP contribution in [0.4, 0.5) is 13.6 Å². The molecule has 0 N–H and O–H groups in total. The van der Waals surface area contributed by atoms with E-state index in [1.807, 2.05) is 43.9 Å². The second-order valence-corrected chi connectivity index (χ2v) is 11.3. The Morgan fingerprint density at radius 2 is 1.82 bits per heavy atom. The molecule has 8 heteroatoms. The standard InChI is InChI=1S/C26H33F2N3O3/c1-24(2,3)33-23(32)31(20-15-19(20)17-7-5-4-6-8-17)16-25(13-14-25)22-29-21(34-30-22)18-9-11-26(27,28)12-10-18/h4-8,18-20H,9-16H2,1-3H3/t19-,20+/m0/s1. The Balaban J connectivity index is 1.32. The lowest BCUT2D eigenvalue weighted by atomic mass is 9.87. The molecule has 3 aliphatic rings. The fourth-order valence-electron chi connectivity index (χ4n) is 5.06. The third-order valence-corrected chi connectivity index (χ3v) is 7.32. The van der Waals surface area contributed by atoms with Gasteiger partial charge in [-0.15, -0.1) is 0 Å². The van der Waals surface area contributed by atoms with Gasteiger partial charge in [-0.1, -0.05) is 35.5 Å². The minimum absolute atomic E-state index is 0.0710. The van der Waals surface area contributed by atoms with E-state index in [9.17, 15) is 13.6 Å². The molecule has 1 heterocycles. The molecule has 3 fully saturated rings. The van der Waals surface area contributed by atoms with E-state index < -0.39 is 11.5 Å². The molecule has 3 aliphatic carbocycles. The van der Waals surface area contributed by atoms with E-state index in [0.717, 1.165) is 19.3 Å². The van der Waals surface area contributed by atoms with Crippen molar-refractivity contribution in [3.8, 4) is 0 Å². The number of ether oxygens (including phenoxy) is 1. The van der Waals surface area contributed by atoms with E-state index in [1.165, 1.54) is 5.56 Å². The first-order valence-electron chi connectivity index (χ1n) is 12.3. The van der Waals surface area contributed by atoms with Gasteiger partial charge in [0.25, 0.3) is 0 Å². The van der Waals surface area contributed by atoms with Gasteiger partial charge in [0.1, 0.15) is 5.60 Å². The summed E-state index contributed by atoms with van der Waals surface area (Å²) in [6.45, 7) is 6.09. The Morgan fingerprint density at radius 1 is 1.15 bits per heavy atom. The smallest absolute Gasteiger partial charge is 0.410 e. The summed E-state index contributed by atoms with van der Waals surface area (Å²) in [6, 6.07) is 10.3. The normalized spacial score (nSPS) is 25.6. The predicted octanol–water partition coefficient (Wildman–Crippen LogP) is 6.19. The molecule has 1 aromatic heterocycles. The summed E-state index contributed by atoms with van der Waals surface area (Å²) in [6.07, 6.45) is 2.71. The molecule has 0 aliphatic heterocycles. The first kappa shape index (κ1) is 23.2. The molecule has 3 saturated carbocycles. The summed E-state index contributed by atoms with van der Waals surface area (Å²) in [4.78, 5) is 19.7. The maximum Gasteiger partial charge on any atom is 0.410 e. The van der Waals surface area contributed by atoms with Crippen molar-refractivity contribution in [2.24, 2.45) is 0 Å². The number of hydrogen-bond donors (Lipinski definition) is 0. The highest BCUT2D eigenvalue weighted by atomic mass is 19.3. The SMILES string of the molecule is CC(C)(C)OC(=O)N(CC1(c2noc(C3CCC(F)(F)CC3)n2)CC1)[C@@H]1C[C@H]1c1ccccc1. The van der Waals surface area contributed by atoms with Crippen LogP contribution in [0.3, 0.4) is 0 Å². The minimum atomic E-state index is -2.59. The number of hydrogen-bond acceptors (Lipinski definition) is 5. The van der Waals surface area contributed by atoms with Gasteiger partial charge < -0.3 is 14.2 Å². The fourth-order valence-corrected chi connectivity index (χ4v) is 5.06. The summed E-state index contributed by atoms with van der Waals surface area (Å²) in [5.74, 6) is -1.39. The minimum Gasteiger partial charge on any atom is -0.444 e. The first-order chi connectivity index (χ1) is 16.1. The van der Waals surface area contributed by atoms with Gasteiger partial charge in [-0.3, -0.25) is 0 Å². The molecule has 0 saturated heterocycles. The number of alkyl halides is 2. The number of carbonyl (C=O) groups excluding carboxylic acids is 1. The quantitative estimate of drug-likeness (QED) is 0.501. The lowest BCUT2D eigenvalue weighted by Crippen LogP contribution is -2.43. The molecule has 34 heavy (non-hydrogen) atoms. The van der Waals surface area contributed by atoms with E-state index in [1.54, 1.807) is 0 Å². The van der Waals surface area contributed by atoms with Crippen LogP contribution in [0, 0.1) is 0 Å². The molecule has 5 rings (SSSR count). The Bertz CT molecular complexity index is 1020. The van der Waals surface area contributed by atoms with Crippen LogP contribution in [-0.2, 0) is 10.2 Å². The van der Waals surface area contributed by atoms with Gasteiger partial charge in [-0.05, 0) is 58.4 Å². The Morgan fingerprint density at radius 3 is 2.44 bits per heavy atom. The maximum absolute atomic E-state index is 13.6. The highest BCUT2D eigenvalue weighted by Gasteiger charge is 2.55. The molecular formula is C26H33F2N3O3. The van der Waals surface area contributed by atoms with Crippen molar-refractivity contribution < 1.29 is 22.8 Å². The molecule has 1 aromatic carbocycles. The molecule has 0 radical (unpaired) electrons. The average Bonchev–Trinajstić information content (AvgIpc) is 3.68. The molecule has 6 nitrogen and oxygen atoms in total. The van der Waals surface area contributed by atoms with Gasteiger partial charge >= 0.3 is 6.09 Å². The van der Waals surface area contributed by atoms with E-state index in [0.29, 0.717) is 31.1 Å². The first-order valence-corrected chi connectivity index (χ1v) is 12.3. The molecular weight excluding hydrogens is 440 g/mol. The van der Waals surface area contributed by atoms with Gasteiger partial charge in [0.05, 0.1) is 5.41 Å². The number of halogens is 2. The summed E-state index contributed by atoms with van der Waals surface area (Å²) >= 11 is 0. The van der Waals surface area contributed by atoms with Gasteiger partial charge in [0.2, 0.25) is 11.8 Å². The maximum atomic E-state index is 13.6. The Labute approximate surface area is 199 Å². The monoisotopic (exact) mass is 473 g/mol. The fraction of sp³-hybridized carbons (Fsp3) is 0.654. The zero-order chi connectivity index (χ0) is 24.1. The topological polar surface area (TPSA) is 68.5 Å². The van der Waals surface area contributed by atoms with Gasteiger partial charge in [0, 0.05) is 37.3 Å². The van der Waals surface area contributed by atoms with Crippen LogP contribution >= 0.6 is 0 Å². The van der Waals surface area contributed by atoms with E-state index in [-0.39, 0.29) is 42.2 Å². The van der Waals surface area contributed by atoms with E-state index in [4.69, 9.17) is 9.26 Å². The highest BCUT2D eigenvalue weighted by molar-refractivity contribution is 5.70. The van der Waals surface area contributed by atoms with Crippen molar-refractivity contribution in [1.29, 1.82) is 0 Å². The molecule has 2 atom stereocenters. The molecule has 0 unspecified atom stereocenters. The third kappa shape index (κ3) is 4.96. The summed E-state index contributed by atoms with van der Waals surface area (Å²) in [5, 5.41) is 4.25. The second-order valence-electron chi connectivity index (χ2n) is 11.3. The van der Waals surface area contributed by atoms with Crippen molar-refractivity contribution in [2.45, 2.75) is 101 Å². The number of nitrogens with zero attached hydrogens (tertiary/aromatic N) is 3. The molecule has 0 bridgehead atoms. The number of rotatable bonds is 6. The van der Waals surface area contributed by atoms with E-state index in [2.05, 4.69) is 22.3 Å². The van der Waals surface area contributed by atoms with Crippen LogP contribution in [0.2, 0.25) is 0 Å². The van der Waals surface area contributed by atoms with Crippen molar-refractivity contribution in [3.05, 3.63) is 47.6 Å². The van der Waals surface area contributed by atoms with Gasteiger partial charge in [-0.25, -0.2) is 13.6 Å². The van der Waals surface area contributed by atoms with Crippen LogP contribution in [0.1, 0.15) is 94.8 Å². The van der Waals surface area contributed by atoms with Crippen LogP contribution in [-0.4, -0.2) is 45.2 Å². The summed E-state index contributed by atoms with van der Waals surface area (Å²) in [5.41, 5.74) is 0.272. The van der Waals surface area contributed by atoms with Crippen molar-refractivity contribution >= 4 is 6.09 Å². The Kier molecular flexibility index (Phi) is 5.68. The van der Waals surface area contributed by atoms with Crippen LogP contribution in [0.15, 0.2) is 34.9 Å². The average molecular weight is 474 g/mol. The highest BCUT2D eigenvalue weighted by Crippen LogP contribution is 2.52. The number of aromatic nitrogens is 2. The number of carbonyl (C=O) groups is 1. The van der Waals surface area contributed by atoms with Crippen molar-refractivity contribution in [3.63, 3.8) is 0 Å². The van der Waals surface area contributed by atoms with E-state index >= 15 is 0 Å². The van der Waals surface area contributed by atoms with Gasteiger partial charge in [-0.2, -0.15) is 4.98 Å². The predicted molar refractivity (Wildman–Crippen MR) is 122 cm³/mol. The summed E-state index contributed by atoms with van der Waals surface area (Å²) in [7, 11) is 0. The zero-order valence-electron chi connectivity index (χ0n) is 20.1. The molecule has 2 aromatic rings. The molecule has 1 amide bonds. The van der Waals surface area contributed by atoms with Crippen molar-refractivity contribution in [1.82, 2.24) is 15.0 Å². The van der Waals surface area contributed by atoms with Crippen LogP contribution in [0.25, 0.3) is 0 Å². The third-order valence-electron chi connectivity index (χ3n) is 7.32. The lowest BCUT2D eigenvalue weighted by molar-refractivity contribution is -0.0402. The molecule has 184 valence electrons. The largest absolute Gasteiger partial charge is 0.444 e. The zero-order valence-corrected chi connectivity index (χ0v) is 20.1. The van der Waals surface area contributed by atoms with Crippen molar-refractivity contribution in [2.75, 3.05) is 6.54 Å². The van der Waals surface area contributed by atoms with Gasteiger partial charge in [0.15, 0.2) is 5.82 Å². The van der Waals surface area contributed by atoms with Crippen LogP contribution < -0.4 is 0 Å². The van der Waals surface area contributed by atoms with Crippen LogP contribution in [0.5, 0.6) is 0 Å². The number of benzene rings is 1. The number of amides is 1. The lowest BCUT2D eigenvalue weighted by Gasteiger charge is -2.30. The Hall–Kier alpha value is -2.51. The summed E-state index contributed by atoms with van der Waals surface area (Å²) < 4.78 is 38.4. The second kappa shape index (κ2) is 8.31. The molecule has 0 spiro atoms.